The predicted molar refractivity (Wildman–Crippen MR) is 73.7 cm³/mol. The minimum Gasteiger partial charge on any atom is -0.207 e. The lowest BCUT2D eigenvalue weighted by atomic mass is 10.2. The van der Waals surface area contributed by atoms with E-state index in [1.54, 1.807) is 18.2 Å². The average molecular weight is 307 g/mol. The van der Waals surface area contributed by atoms with E-state index in [-0.39, 0.29) is 12.4 Å². The van der Waals surface area contributed by atoms with Crippen molar-refractivity contribution in [2.75, 3.05) is 0 Å². The molecule has 0 saturated carbocycles. The zero-order valence-corrected chi connectivity index (χ0v) is 11.4. The van der Waals surface area contributed by atoms with Gasteiger partial charge >= 0.3 is 0 Å². The molecule has 21 heavy (non-hydrogen) atoms. The number of nitrogens with zero attached hydrogens (tertiary/aromatic N) is 4. The summed E-state index contributed by atoms with van der Waals surface area (Å²) in [6.45, 7) is 0.251. The van der Waals surface area contributed by atoms with E-state index in [0.717, 1.165) is 0 Å². The Hall–Kier alpha value is -2.34. The molecule has 0 radical (unpaired) electrons. The Kier molecular flexibility index (Phi) is 3.62. The van der Waals surface area contributed by atoms with Crippen molar-refractivity contribution >= 4 is 11.6 Å². The summed E-state index contributed by atoms with van der Waals surface area (Å²) in [5, 5.41) is 12.2. The van der Waals surface area contributed by atoms with Gasteiger partial charge < -0.3 is 0 Å². The second-order valence-corrected chi connectivity index (χ2v) is 4.80. The second kappa shape index (κ2) is 5.57. The third-order valence-corrected chi connectivity index (χ3v) is 3.21. The van der Waals surface area contributed by atoms with Gasteiger partial charge in [-0.25, -0.2) is 8.78 Å². The first kappa shape index (κ1) is 13.6. The van der Waals surface area contributed by atoms with E-state index < -0.39 is 5.82 Å². The standard InChI is InChI=1S/C14H9ClF2N4/c15-13-7-12(17)5-4-10(13)8-21-19-14(18-20-21)9-2-1-3-11(16)6-9/h1-7H,8H2. The fourth-order valence-electron chi connectivity index (χ4n) is 1.86. The fraction of sp³-hybridized carbons (Fsp3) is 0.0714. The Balaban J connectivity index is 1.85. The first-order valence-corrected chi connectivity index (χ1v) is 6.47. The van der Waals surface area contributed by atoms with Crippen molar-refractivity contribution in [3.8, 4) is 11.4 Å². The van der Waals surface area contributed by atoms with Crippen LogP contribution in [0.5, 0.6) is 0 Å². The molecule has 0 aliphatic heterocycles. The van der Waals surface area contributed by atoms with Crippen LogP contribution in [0.1, 0.15) is 5.56 Å². The molecule has 2 aromatic carbocycles. The van der Waals surface area contributed by atoms with Gasteiger partial charge in [0.05, 0.1) is 6.54 Å². The van der Waals surface area contributed by atoms with Crippen LogP contribution >= 0.6 is 11.6 Å². The molecule has 1 aromatic heterocycles. The summed E-state index contributed by atoms with van der Waals surface area (Å²) in [6.07, 6.45) is 0. The summed E-state index contributed by atoms with van der Waals surface area (Å²) in [7, 11) is 0. The number of hydrogen-bond donors (Lipinski definition) is 0. The van der Waals surface area contributed by atoms with Crippen molar-refractivity contribution in [1.82, 2.24) is 20.2 Å². The highest BCUT2D eigenvalue weighted by Crippen LogP contribution is 2.19. The van der Waals surface area contributed by atoms with E-state index >= 15 is 0 Å². The molecule has 0 saturated heterocycles. The van der Waals surface area contributed by atoms with Crippen molar-refractivity contribution < 1.29 is 8.78 Å². The number of hydrogen-bond acceptors (Lipinski definition) is 3. The minimum absolute atomic E-state index is 0.251. The van der Waals surface area contributed by atoms with Gasteiger partial charge in [0.2, 0.25) is 5.82 Å². The van der Waals surface area contributed by atoms with Gasteiger partial charge in [-0.1, -0.05) is 29.8 Å². The van der Waals surface area contributed by atoms with Crippen molar-refractivity contribution in [1.29, 1.82) is 0 Å². The number of rotatable bonds is 3. The Morgan fingerprint density at radius 3 is 2.62 bits per heavy atom. The molecule has 106 valence electrons. The van der Waals surface area contributed by atoms with E-state index in [2.05, 4.69) is 15.4 Å². The maximum atomic E-state index is 13.2. The van der Waals surface area contributed by atoms with Gasteiger partial charge in [0.15, 0.2) is 0 Å². The predicted octanol–water partition coefficient (Wildman–Crippen LogP) is 3.32. The largest absolute Gasteiger partial charge is 0.207 e. The molecule has 0 amide bonds. The molecule has 0 spiro atoms. The molecule has 0 fully saturated rings. The van der Waals surface area contributed by atoms with Crippen molar-refractivity contribution in [2.45, 2.75) is 6.54 Å². The maximum Gasteiger partial charge on any atom is 0.205 e. The average Bonchev–Trinajstić information content (AvgIpc) is 2.91. The van der Waals surface area contributed by atoms with Crippen LogP contribution in [0.2, 0.25) is 5.02 Å². The molecule has 3 aromatic rings. The SMILES string of the molecule is Fc1cccc(-c2nnn(Cc3ccc(F)cc3Cl)n2)c1. The lowest BCUT2D eigenvalue weighted by Gasteiger charge is -2.02. The fourth-order valence-corrected chi connectivity index (χ4v) is 2.08. The molecule has 7 heteroatoms. The highest BCUT2D eigenvalue weighted by atomic mass is 35.5. The Labute approximate surface area is 124 Å². The van der Waals surface area contributed by atoms with E-state index in [1.165, 1.54) is 29.1 Å². The third kappa shape index (κ3) is 3.05. The van der Waals surface area contributed by atoms with Gasteiger partial charge in [-0.05, 0) is 35.0 Å². The molecule has 3 rings (SSSR count). The first-order chi connectivity index (χ1) is 10.1. The number of tetrazole rings is 1. The van der Waals surface area contributed by atoms with Crippen LogP contribution in [0.15, 0.2) is 42.5 Å². The van der Waals surface area contributed by atoms with Crippen LogP contribution in [0, 0.1) is 11.6 Å². The Morgan fingerprint density at radius 2 is 1.86 bits per heavy atom. The molecule has 0 aliphatic rings. The monoisotopic (exact) mass is 306 g/mol. The van der Waals surface area contributed by atoms with Crippen LogP contribution in [0.25, 0.3) is 11.4 Å². The van der Waals surface area contributed by atoms with E-state index in [9.17, 15) is 8.78 Å². The summed E-state index contributed by atoms with van der Waals surface area (Å²) in [5.41, 5.74) is 1.20. The van der Waals surface area contributed by atoms with E-state index in [1.807, 2.05) is 0 Å². The van der Waals surface area contributed by atoms with Crippen molar-refractivity contribution in [2.24, 2.45) is 0 Å². The topological polar surface area (TPSA) is 43.6 Å². The highest BCUT2D eigenvalue weighted by Gasteiger charge is 2.09. The van der Waals surface area contributed by atoms with Crippen LogP contribution in [0.3, 0.4) is 0 Å². The van der Waals surface area contributed by atoms with Crippen LogP contribution < -0.4 is 0 Å². The summed E-state index contributed by atoms with van der Waals surface area (Å²) in [5.74, 6) is -0.464. The molecular weight excluding hydrogens is 298 g/mol. The second-order valence-electron chi connectivity index (χ2n) is 4.39. The molecule has 0 bridgehead atoms. The summed E-state index contributed by atoms with van der Waals surface area (Å²) < 4.78 is 26.1. The number of aromatic nitrogens is 4. The van der Waals surface area contributed by atoms with Crippen LogP contribution in [-0.2, 0) is 6.54 Å². The quantitative estimate of drug-likeness (QED) is 0.745. The van der Waals surface area contributed by atoms with Gasteiger partial charge in [-0.15, -0.1) is 10.2 Å². The van der Waals surface area contributed by atoms with Gasteiger partial charge in [-0.3, -0.25) is 0 Å². The summed E-state index contributed by atoms with van der Waals surface area (Å²) in [4.78, 5) is 1.32. The molecule has 0 N–H and O–H groups in total. The highest BCUT2D eigenvalue weighted by molar-refractivity contribution is 6.31. The molecular formula is C14H9ClF2N4. The van der Waals surface area contributed by atoms with Gasteiger partial charge in [-0.2, -0.15) is 4.80 Å². The molecule has 0 atom stereocenters. The number of benzene rings is 2. The summed E-state index contributed by atoms with van der Waals surface area (Å²) >= 11 is 5.95. The lowest BCUT2D eigenvalue weighted by molar-refractivity contribution is 0.570. The van der Waals surface area contributed by atoms with E-state index in [0.29, 0.717) is 22.0 Å². The number of halogens is 3. The third-order valence-electron chi connectivity index (χ3n) is 2.86. The summed E-state index contributed by atoms with van der Waals surface area (Å²) in [6, 6.07) is 10.0. The van der Waals surface area contributed by atoms with Gasteiger partial charge in [0, 0.05) is 10.6 Å². The smallest absolute Gasteiger partial charge is 0.205 e. The Morgan fingerprint density at radius 1 is 1.05 bits per heavy atom. The van der Waals surface area contributed by atoms with Gasteiger partial charge in [0.25, 0.3) is 0 Å². The van der Waals surface area contributed by atoms with Crippen LogP contribution in [0.4, 0.5) is 8.78 Å². The first-order valence-electron chi connectivity index (χ1n) is 6.09. The molecule has 0 aliphatic carbocycles. The Bertz CT molecular complexity index is 788. The zero-order chi connectivity index (χ0) is 14.8. The molecule has 1 heterocycles. The van der Waals surface area contributed by atoms with Crippen LogP contribution in [-0.4, -0.2) is 20.2 Å². The van der Waals surface area contributed by atoms with Crippen molar-refractivity contribution in [3.05, 3.63) is 64.7 Å². The minimum atomic E-state index is -0.407. The van der Waals surface area contributed by atoms with Crippen molar-refractivity contribution in [3.63, 3.8) is 0 Å². The lowest BCUT2D eigenvalue weighted by Crippen LogP contribution is -2.04. The van der Waals surface area contributed by atoms with Gasteiger partial charge in [0.1, 0.15) is 11.6 Å². The molecule has 4 nitrogen and oxygen atoms in total. The van der Waals surface area contributed by atoms with E-state index in [4.69, 9.17) is 11.6 Å². The maximum absolute atomic E-state index is 13.2. The zero-order valence-electron chi connectivity index (χ0n) is 10.7. The normalized spacial score (nSPS) is 10.8. The molecule has 0 unspecified atom stereocenters.